The highest BCUT2D eigenvalue weighted by Gasteiger charge is 2.35. The van der Waals surface area contributed by atoms with Crippen LogP contribution in [0, 0.1) is 12.8 Å². The summed E-state index contributed by atoms with van der Waals surface area (Å²) >= 11 is 0. The fourth-order valence-corrected chi connectivity index (χ4v) is 3.56. The van der Waals surface area contributed by atoms with Crippen molar-refractivity contribution in [2.24, 2.45) is 11.7 Å². The molecule has 2 unspecified atom stereocenters. The number of carbonyl (C=O) groups excluding carboxylic acids is 2. The minimum Gasteiger partial charge on any atom is -0.369 e. The number of aryl methyl sites for hydroxylation is 1. The Labute approximate surface area is 163 Å². The lowest BCUT2D eigenvalue weighted by molar-refractivity contribution is -0.137. The lowest BCUT2D eigenvalue weighted by Gasteiger charge is -2.19. The molecule has 154 valence electrons. The first kappa shape index (κ1) is 20.6. The summed E-state index contributed by atoms with van der Waals surface area (Å²) in [6, 6.07) is 5.24. The molecule has 2 aromatic rings. The molecule has 1 saturated carbocycles. The van der Waals surface area contributed by atoms with E-state index < -0.39 is 46.6 Å². The van der Waals surface area contributed by atoms with E-state index in [1.54, 1.807) is 0 Å². The van der Waals surface area contributed by atoms with Gasteiger partial charge in [-0.1, -0.05) is 18.6 Å². The zero-order chi connectivity index (χ0) is 21.3. The van der Waals surface area contributed by atoms with Crippen LogP contribution in [0.15, 0.2) is 35.1 Å². The highest BCUT2D eigenvalue weighted by molar-refractivity contribution is 5.92. The molecule has 0 saturated heterocycles. The molecular weight excluding hydrogens is 389 g/mol. The number of carbonyl (C=O) groups is 2. The summed E-state index contributed by atoms with van der Waals surface area (Å²) in [6.07, 6.45) is -2.93. The van der Waals surface area contributed by atoms with E-state index in [1.165, 1.54) is 25.1 Å². The molecule has 1 aliphatic carbocycles. The molecule has 1 heterocycles. The Hall–Kier alpha value is -3.17. The number of aromatic nitrogens is 2. The molecule has 1 aromatic heterocycles. The number of rotatable bonds is 4. The van der Waals surface area contributed by atoms with Crippen molar-refractivity contribution in [3.8, 4) is 5.69 Å². The van der Waals surface area contributed by atoms with Gasteiger partial charge in [0.15, 0.2) is 5.69 Å². The molecular formula is C19H19F3N4O3. The zero-order valence-electron chi connectivity index (χ0n) is 15.5. The molecule has 2 amide bonds. The average molecular weight is 408 g/mol. The number of para-hydroxylation sites is 1. The topological polar surface area (TPSA) is 107 Å². The van der Waals surface area contributed by atoms with Gasteiger partial charge in [-0.15, -0.1) is 0 Å². The minimum atomic E-state index is -4.64. The number of nitrogens with zero attached hydrogens (tertiary/aromatic N) is 2. The van der Waals surface area contributed by atoms with Crippen LogP contribution >= 0.6 is 0 Å². The highest BCUT2D eigenvalue weighted by atomic mass is 19.4. The normalized spacial score (nSPS) is 19.2. The summed E-state index contributed by atoms with van der Waals surface area (Å²) in [5.74, 6) is -1.97. The van der Waals surface area contributed by atoms with Crippen LogP contribution in [0.5, 0.6) is 0 Å². The van der Waals surface area contributed by atoms with Crippen LogP contribution in [0.3, 0.4) is 0 Å². The fourth-order valence-electron chi connectivity index (χ4n) is 3.56. The Bertz CT molecular complexity index is 1020. The summed E-state index contributed by atoms with van der Waals surface area (Å²) in [5, 5.41) is 6.48. The predicted molar refractivity (Wildman–Crippen MR) is 97.4 cm³/mol. The van der Waals surface area contributed by atoms with Crippen LogP contribution in [0.25, 0.3) is 5.69 Å². The molecule has 0 aliphatic heterocycles. The number of amides is 2. The van der Waals surface area contributed by atoms with Crippen molar-refractivity contribution in [2.75, 3.05) is 0 Å². The Balaban J connectivity index is 2.00. The number of nitrogens with two attached hydrogens (primary N) is 1. The maximum atomic E-state index is 13.4. The molecule has 1 fully saturated rings. The molecule has 7 nitrogen and oxygen atoms in total. The van der Waals surface area contributed by atoms with Crippen molar-refractivity contribution in [3.63, 3.8) is 0 Å². The molecule has 2 atom stereocenters. The van der Waals surface area contributed by atoms with E-state index in [4.69, 9.17) is 5.73 Å². The van der Waals surface area contributed by atoms with Crippen molar-refractivity contribution < 1.29 is 22.8 Å². The molecule has 3 N–H and O–H groups in total. The molecule has 3 rings (SSSR count). The van der Waals surface area contributed by atoms with Crippen LogP contribution in [0.2, 0.25) is 0 Å². The van der Waals surface area contributed by atoms with E-state index in [2.05, 4.69) is 10.4 Å². The van der Waals surface area contributed by atoms with Crippen molar-refractivity contribution in [1.82, 2.24) is 15.1 Å². The van der Waals surface area contributed by atoms with Gasteiger partial charge >= 0.3 is 6.18 Å². The summed E-state index contributed by atoms with van der Waals surface area (Å²) in [7, 11) is 0. The first-order valence-electron chi connectivity index (χ1n) is 8.97. The smallest absolute Gasteiger partial charge is 0.369 e. The molecule has 0 bridgehead atoms. The van der Waals surface area contributed by atoms with Gasteiger partial charge < -0.3 is 11.1 Å². The molecule has 29 heavy (non-hydrogen) atoms. The molecule has 0 spiro atoms. The van der Waals surface area contributed by atoms with Gasteiger partial charge in [0.25, 0.3) is 5.91 Å². The number of nitrogens with one attached hydrogen (secondary N) is 1. The van der Waals surface area contributed by atoms with Crippen molar-refractivity contribution in [1.29, 1.82) is 0 Å². The molecule has 1 aromatic carbocycles. The van der Waals surface area contributed by atoms with Gasteiger partial charge in [-0.2, -0.15) is 18.3 Å². The Morgan fingerprint density at radius 3 is 2.59 bits per heavy atom. The van der Waals surface area contributed by atoms with Gasteiger partial charge in [0, 0.05) is 17.8 Å². The number of hydrogen-bond donors (Lipinski definition) is 2. The second-order valence-corrected chi connectivity index (χ2v) is 6.95. The Kier molecular flexibility index (Phi) is 5.45. The quantitative estimate of drug-likeness (QED) is 0.806. The number of alkyl halides is 3. The maximum absolute atomic E-state index is 13.4. The van der Waals surface area contributed by atoms with Gasteiger partial charge in [-0.05, 0) is 31.9 Å². The second kappa shape index (κ2) is 7.69. The lowest BCUT2D eigenvalue weighted by atomic mass is 10.0. The number of primary amides is 1. The standard InChI is InChI=1S/C19H19F3N4O3/c1-10-9-15(27)16(18(29)24-13-7-4-5-11(13)17(23)28)25-26(10)14-8-3-2-6-12(14)19(20,21)22/h2-3,6,8-9,11,13H,4-5,7H2,1H3,(H2,23,28)(H,24,29). The summed E-state index contributed by atoms with van der Waals surface area (Å²) in [6.45, 7) is 1.42. The van der Waals surface area contributed by atoms with Gasteiger partial charge in [-0.3, -0.25) is 14.4 Å². The number of hydrogen-bond acceptors (Lipinski definition) is 4. The van der Waals surface area contributed by atoms with Crippen LogP contribution < -0.4 is 16.5 Å². The van der Waals surface area contributed by atoms with E-state index in [0.29, 0.717) is 19.3 Å². The van der Waals surface area contributed by atoms with E-state index in [9.17, 15) is 27.6 Å². The van der Waals surface area contributed by atoms with Gasteiger partial charge in [-0.25, -0.2) is 4.68 Å². The summed E-state index contributed by atoms with van der Waals surface area (Å²) in [5.41, 5.74) is 2.94. The summed E-state index contributed by atoms with van der Waals surface area (Å²) < 4.78 is 41.0. The van der Waals surface area contributed by atoms with Gasteiger partial charge in [0.2, 0.25) is 11.3 Å². The zero-order valence-corrected chi connectivity index (χ0v) is 15.5. The van der Waals surface area contributed by atoms with Crippen molar-refractivity contribution in [2.45, 2.75) is 38.4 Å². The van der Waals surface area contributed by atoms with E-state index in [-0.39, 0.29) is 11.4 Å². The lowest BCUT2D eigenvalue weighted by Crippen LogP contribution is -2.44. The number of benzene rings is 1. The van der Waals surface area contributed by atoms with Gasteiger partial charge in [0.05, 0.1) is 17.2 Å². The molecule has 1 aliphatic rings. The van der Waals surface area contributed by atoms with Crippen molar-refractivity contribution in [3.05, 3.63) is 57.5 Å². The van der Waals surface area contributed by atoms with Crippen LogP contribution in [-0.2, 0) is 11.0 Å². The third-order valence-corrected chi connectivity index (χ3v) is 4.96. The number of halogens is 3. The monoisotopic (exact) mass is 408 g/mol. The highest BCUT2D eigenvalue weighted by Crippen LogP contribution is 2.33. The van der Waals surface area contributed by atoms with Crippen molar-refractivity contribution >= 4 is 11.8 Å². The Morgan fingerprint density at radius 1 is 1.24 bits per heavy atom. The first-order valence-corrected chi connectivity index (χ1v) is 8.97. The van der Waals surface area contributed by atoms with Crippen LogP contribution in [-0.4, -0.2) is 27.6 Å². The second-order valence-electron chi connectivity index (χ2n) is 6.95. The predicted octanol–water partition coefficient (Wildman–Crippen LogP) is 1.94. The maximum Gasteiger partial charge on any atom is 0.418 e. The first-order chi connectivity index (χ1) is 13.6. The van der Waals surface area contributed by atoms with Crippen LogP contribution in [0.4, 0.5) is 13.2 Å². The van der Waals surface area contributed by atoms with E-state index in [1.807, 2.05) is 0 Å². The third-order valence-electron chi connectivity index (χ3n) is 4.96. The summed E-state index contributed by atoms with van der Waals surface area (Å²) in [4.78, 5) is 36.4. The molecule has 10 heteroatoms. The molecule has 0 radical (unpaired) electrons. The fraction of sp³-hybridized carbons (Fsp3) is 0.368. The third kappa shape index (κ3) is 4.15. The van der Waals surface area contributed by atoms with E-state index >= 15 is 0 Å². The van der Waals surface area contributed by atoms with E-state index in [0.717, 1.165) is 16.8 Å². The minimum absolute atomic E-state index is 0.138. The SMILES string of the molecule is Cc1cc(=O)c(C(=O)NC2CCCC2C(N)=O)nn1-c1ccccc1C(F)(F)F. The van der Waals surface area contributed by atoms with Gasteiger partial charge in [0.1, 0.15) is 0 Å². The van der Waals surface area contributed by atoms with Crippen LogP contribution in [0.1, 0.15) is 41.0 Å². The largest absolute Gasteiger partial charge is 0.418 e. The average Bonchev–Trinajstić information content (AvgIpc) is 3.09. The Morgan fingerprint density at radius 2 is 1.93 bits per heavy atom.